The van der Waals surface area contributed by atoms with Crippen LogP contribution in [0.3, 0.4) is 0 Å². The molecule has 3 atom stereocenters. The fourth-order valence-corrected chi connectivity index (χ4v) is 4.27. The van der Waals surface area contributed by atoms with Gasteiger partial charge in [-0.05, 0) is 30.9 Å². The van der Waals surface area contributed by atoms with Crippen molar-refractivity contribution in [3.63, 3.8) is 0 Å². The summed E-state index contributed by atoms with van der Waals surface area (Å²) in [4.78, 5) is 25.8. The fraction of sp³-hybridized carbons (Fsp3) is 0.556. The monoisotopic (exact) mass is 346 g/mol. The number of carbonyl (C=O) groups excluding carboxylic acids is 1. The smallest absolute Gasteiger partial charge is 0.317 e. The Bertz CT molecular complexity index is 694. The highest BCUT2D eigenvalue weighted by atomic mass is 16.6. The molecule has 7 heteroatoms. The number of nitrogens with zero attached hydrogens (tertiary/aromatic N) is 1. The van der Waals surface area contributed by atoms with Crippen molar-refractivity contribution in [2.45, 2.75) is 25.4 Å². The Kier molecular flexibility index (Phi) is 3.94. The molecule has 2 aliphatic heterocycles. The summed E-state index contributed by atoms with van der Waals surface area (Å²) in [6.45, 7) is 1.51. The number of aliphatic carboxylic acids is 1. The second-order valence-corrected chi connectivity index (χ2v) is 7.11. The normalized spacial score (nSPS) is 30.0. The van der Waals surface area contributed by atoms with E-state index in [1.165, 1.54) is 0 Å². The van der Waals surface area contributed by atoms with E-state index >= 15 is 0 Å². The van der Waals surface area contributed by atoms with Crippen molar-refractivity contribution < 1.29 is 24.2 Å². The maximum absolute atomic E-state index is 12.5. The molecule has 2 amide bonds. The van der Waals surface area contributed by atoms with E-state index in [-0.39, 0.29) is 18.1 Å². The summed E-state index contributed by atoms with van der Waals surface area (Å²) < 4.78 is 11.5. The molecule has 1 aromatic carbocycles. The molecule has 2 heterocycles. The summed E-state index contributed by atoms with van der Waals surface area (Å²) >= 11 is 0. The van der Waals surface area contributed by atoms with Gasteiger partial charge in [-0.15, -0.1) is 0 Å². The Morgan fingerprint density at radius 2 is 2.12 bits per heavy atom. The van der Waals surface area contributed by atoms with Crippen LogP contribution >= 0.6 is 0 Å². The van der Waals surface area contributed by atoms with Gasteiger partial charge in [0.2, 0.25) is 0 Å². The lowest BCUT2D eigenvalue weighted by molar-refractivity contribution is -0.149. The number of urea groups is 1. The number of carboxylic acids is 1. The average molecular weight is 346 g/mol. The van der Waals surface area contributed by atoms with Crippen molar-refractivity contribution in [2.75, 3.05) is 26.2 Å². The van der Waals surface area contributed by atoms with Gasteiger partial charge in [-0.1, -0.05) is 18.6 Å². The maximum Gasteiger partial charge on any atom is 0.317 e. The Hall–Kier alpha value is -2.44. The molecule has 4 rings (SSSR count). The largest absolute Gasteiger partial charge is 0.486 e. The van der Waals surface area contributed by atoms with Gasteiger partial charge in [0, 0.05) is 13.1 Å². The molecule has 0 aromatic heterocycles. The Morgan fingerprint density at radius 3 is 2.88 bits per heavy atom. The van der Waals surface area contributed by atoms with Crippen molar-refractivity contribution in [1.29, 1.82) is 0 Å². The number of para-hydroxylation sites is 2. The van der Waals surface area contributed by atoms with Crippen LogP contribution in [0.4, 0.5) is 4.79 Å². The van der Waals surface area contributed by atoms with Gasteiger partial charge >= 0.3 is 12.0 Å². The van der Waals surface area contributed by atoms with E-state index < -0.39 is 11.4 Å². The lowest BCUT2D eigenvalue weighted by Gasteiger charge is -2.27. The zero-order valence-corrected chi connectivity index (χ0v) is 13.9. The van der Waals surface area contributed by atoms with Crippen LogP contribution in [0.2, 0.25) is 0 Å². The van der Waals surface area contributed by atoms with E-state index in [4.69, 9.17) is 9.47 Å². The fourth-order valence-electron chi connectivity index (χ4n) is 4.27. The standard InChI is InChI=1S/C18H22N2O5/c21-16(22)18-7-3-4-12(18)9-20(11-18)17(23)19-8-13-10-24-14-5-1-2-6-15(14)25-13/h1-2,5-6,12-13H,3-4,7-11H2,(H,19,23)(H,21,22)/t12-,13?,18+/m0/s1. The van der Waals surface area contributed by atoms with Crippen molar-refractivity contribution >= 4 is 12.0 Å². The Balaban J connectivity index is 1.33. The van der Waals surface area contributed by atoms with E-state index in [0.29, 0.717) is 44.2 Å². The Morgan fingerprint density at radius 1 is 1.32 bits per heavy atom. The third kappa shape index (κ3) is 2.77. The molecule has 25 heavy (non-hydrogen) atoms. The molecule has 1 saturated carbocycles. The van der Waals surface area contributed by atoms with Crippen molar-refractivity contribution in [2.24, 2.45) is 11.3 Å². The number of fused-ring (bicyclic) bond motifs is 2. The number of carboxylic acid groups (broad SMARTS) is 1. The van der Waals surface area contributed by atoms with Gasteiger partial charge in [-0.3, -0.25) is 4.79 Å². The molecule has 1 aliphatic carbocycles. The number of likely N-dealkylation sites (tertiary alicyclic amines) is 1. The summed E-state index contributed by atoms with van der Waals surface area (Å²) in [5.74, 6) is 0.678. The predicted molar refractivity (Wildman–Crippen MR) is 88.7 cm³/mol. The minimum absolute atomic E-state index is 0.0666. The first-order valence-corrected chi connectivity index (χ1v) is 8.73. The Labute approximate surface area is 145 Å². The van der Waals surface area contributed by atoms with Crippen molar-refractivity contribution in [3.8, 4) is 11.5 Å². The minimum Gasteiger partial charge on any atom is -0.486 e. The lowest BCUT2D eigenvalue weighted by atomic mass is 9.81. The summed E-state index contributed by atoms with van der Waals surface area (Å²) in [5.41, 5.74) is -0.749. The third-order valence-corrected chi connectivity index (χ3v) is 5.63. The predicted octanol–water partition coefficient (Wildman–Crippen LogP) is 1.72. The summed E-state index contributed by atoms with van der Waals surface area (Å²) in [6.07, 6.45) is 2.22. The van der Waals surface area contributed by atoms with Gasteiger partial charge in [0.1, 0.15) is 6.61 Å². The number of hydrogen-bond donors (Lipinski definition) is 2. The second-order valence-electron chi connectivity index (χ2n) is 7.11. The molecular formula is C18H22N2O5. The number of ether oxygens (including phenoxy) is 2. The van der Waals surface area contributed by atoms with E-state index in [0.717, 1.165) is 12.8 Å². The van der Waals surface area contributed by atoms with Gasteiger partial charge in [0.15, 0.2) is 17.6 Å². The van der Waals surface area contributed by atoms with Crippen LogP contribution in [0.5, 0.6) is 11.5 Å². The molecule has 134 valence electrons. The van der Waals surface area contributed by atoms with Crippen LogP contribution in [0, 0.1) is 11.3 Å². The number of nitrogens with one attached hydrogen (secondary N) is 1. The SMILES string of the molecule is O=C(NCC1COc2ccccc2O1)N1C[C@@H]2CCC[C@@]2(C(=O)O)C1. The zero-order valence-electron chi connectivity index (χ0n) is 13.9. The summed E-state index contributed by atoms with van der Waals surface area (Å²) in [6, 6.07) is 7.21. The molecule has 0 radical (unpaired) electrons. The topological polar surface area (TPSA) is 88.1 Å². The van der Waals surface area contributed by atoms with E-state index in [9.17, 15) is 14.7 Å². The van der Waals surface area contributed by atoms with Crippen molar-refractivity contribution in [3.05, 3.63) is 24.3 Å². The van der Waals surface area contributed by atoms with Crippen LogP contribution in [0.25, 0.3) is 0 Å². The highest BCUT2D eigenvalue weighted by Crippen LogP contribution is 2.48. The molecule has 3 aliphatic rings. The zero-order chi connectivity index (χ0) is 17.4. The number of amides is 2. The molecule has 0 spiro atoms. The van der Waals surface area contributed by atoms with Gasteiger partial charge in [0.25, 0.3) is 0 Å². The van der Waals surface area contributed by atoms with Gasteiger partial charge in [-0.25, -0.2) is 4.79 Å². The average Bonchev–Trinajstić information content (AvgIpc) is 3.18. The van der Waals surface area contributed by atoms with Crippen LogP contribution < -0.4 is 14.8 Å². The first-order valence-electron chi connectivity index (χ1n) is 8.73. The third-order valence-electron chi connectivity index (χ3n) is 5.63. The van der Waals surface area contributed by atoms with Gasteiger partial charge in [0.05, 0.1) is 12.0 Å². The number of hydrogen-bond acceptors (Lipinski definition) is 4. The summed E-state index contributed by atoms with van der Waals surface area (Å²) in [5, 5.41) is 12.5. The van der Waals surface area contributed by atoms with E-state index in [1.54, 1.807) is 4.90 Å². The quantitative estimate of drug-likeness (QED) is 0.870. The lowest BCUT2D eigenvalue weighted by Crippen LogP contribution is -2.46. The molecule has 1 unspecified atom stereocenters. The highest BCUT2D eigenvalue weighted by Gasteiger charge is 2.55. The molecule has 1 aromatic rings. The van der Waals surface area contributed by atoms with Crippen LogP contribution in [-0.4, -0.2) is 54.4 Å². The second kappa shape index (κ2) is 6.13. The van der Waals surface area contributed by atoms with Crippen LogP contribution in [0.1, 0.15) is 19.3 Å². The minimum atomic E-state index is -0.772. The number of benzene rings is 1. The summed E-state index contributed by atoms with van der Waals surface area (Å²) in [7, 11) is 0. The van der Waals surface area contributed by atoms with Gasteiger partial charge in [-0.2, -0.15) is 0 Å². The van der Waals surface area contributed by atoms with Crippen LogP contribution in [-0.2, 0) is 4.79 Å². The maximum atomic E-state index is 12.5. The highest BCUT2D eigenvalue weighted by molar-refractivity contribution is 5.80. The van der Waals surface area contributed by atoms with E-state index in [2.05, 4.69) is 5.32 Å². The first-order chi connectivity index (χ1) is 12.1. The number of rotatable bonds is 3. The van der Waals surface area contributed by atoms with Crippen LogP contribution in [0.15, 0.2) is 24.3 Å². The van der Waals surface area contributed by atoms with E-state index in [1.807, 2.05) is 24.3 Å². The molecule has 1 saturated heterocycles. The molecule has 0 bridgehead atoms. The molecule has 2 N–H and O–H groups in total. The molecule has 7 nitrogen and oxygen atoms in total. The van der Waals surface area contributed by atoms with Gasteiger partial charge < -0.3 is 24.8 Å². The van der Waals surface area contributed by atoms with Crippen molar-refractivity contribution in [1.82, 2.24) is 10.2 Å². The number of carbonyl (C=O) groups is 2. The molecular weight excluding hydrogens is 324 g/mol. The first kappa shape index (κ1) is 16.1. The molecule has 2 fully saturated rings.